The molecule has 0 spiro atoms. The van der Waals surface area contributed by atoms with Gasteiger partial charge in [-0.1, -0.05) is 0 Å². The van der Waals surface area contributed by atoms with Crippen molar-refractivity contribution < 1.29 is 24.6 Å². The number of nitrogens with zero attached hydrogens (tertiary/aromatic N) is 3. The lowest BCUT2D eigenvalue weighted by molar-refractivity contribution is -0.140. The van der Waals surface area contributed by atoms with E-state index in [0.29, 0.717) is 11.4 Å². The first-order valence-corrected chi connectivity index (χ1v) is 9.33. The number of carbonyl (C=O) groups is 3. The van der Waals surface area contributed by atoms with Gasteiger partial charge in [0.15, 0.2) is 11.2 Å². The van der Waals surface area contributed by atoms with E-state index < -0.39 is 29.4 Å². The van der Waals surface area contributed by atoms with E-state index in [-0.39, 0.29) is 42.1 Å². The highest BCUT2D eigenvalue weighted by atomic mass is 16.4. The fourth-order valence-corrected chi connectivity index (χ4v) is 2.75. The minimum Gasteiger partial charge on any atom is -0.481 e. The highest BCUT2D eigenvalue weighted by Gasteiger charge is 2.21. The molecule has 1 aromatic carbocycles. The van der Waals surface area contributed by atoms with E-state index in [9.17, 15) is 19.2 Å². The second kappa shape index (κ2) is 9.51. The fourth-order valence-electron chi connectivity index (χ4n) is 2.75. The van der Waals surface area contributed by atoms with Crippen LogP contribution in [-0.2, 0) is 16.1 Å². The van der Waals surface area contributed by atoms with Gasteiger partial charge in [-0.15, -0.1) is 0 Å². The van der Waals surface area contributed by atoms with E-state index in [2.05, 4.69) is 30.6 Å². The third-order valence-corrected chi connectivity index (χ3v) is 4.36. The summed E-state index contributed by atoms with van der Waals surface area (Å²) in [6, 6.07) is 4.86. The summed E-state index contributed by atoms with van der Waals surface area (Å²) in [6.07, 6.45) is 0.840. The minimum atomic E-state index is -1.31. The Hall–Kier alpha value is -4.55. The Bertz CT molecular complexity index is 1230. The number of amides is 1. The zero-order valence-corrected chi connectivity index (χ0v) is 16.5. The van der Waals surface area contributed by atoms with E-state index >= 15 is 0 Å². The smallest absolute Gasteiger partial charge is 0.326 e. The topological polar surface area (TPSA) is 213 Å². The van der Waals surface area contributed by atoms with Crippen LogP contribution < -0.4 is 21.9 Å². The van der Waals surface area contributed by atoms with E-state index in [1.807, 2.05) is 0 Å². The first-order valence-electron chi connectivity index (χ1n) is 9.33. The fraction of sp³-hybridized carbons (Fsp3) is 0.211. The molecule has 1 atom stereocenters. The van der Waals surface area contributed by atoms with Crippen molar-refractivity contribution in [3.8, 4) is 0 Å². The van der Waals surface area contributed by atoms with Crippen molar-refractivity contribution in [3.05, 3.63) is 52.1 Å². The standard InChI is InChI=1S/C19H19N7O6/c20-19-25-15-14(17(30)26-19)23-11(8-22-15)7-21-10-3-1-9(2-4-10)16(29)24-12(18(31)32)5-6-13(27)28/h1-4,8,12,21H,5-7H2,(H,24,29)(H,27,28)(H,31,32)(H3,20,22,25,26,30)/t12-/m0/s1/i1+1,2+1,3+1,4+1,9+1,10+1. The molecule has 0 aliphatic heterocycles. The molecule has 13 heteroatoms. The molecule has 0 aliphatic carbocycles. The van der Waals surface area contributed by atoms with Crippen LogP contribution in [0.4, 0.5) is 11.6 Å². The second-order valence-electron chi connectivity index (χ2n) is 6.71. The molecule has 2 heterocycles. The van der Waals surface area contributed by atoms with Crippen LogP contribution >= 0.6 is 0 Å². The highest BCUT2D eigenvalue weighted by molar-refractivity contribution is 5.96. The van der Waals surface area contributed by atoms with Gasteiger partial charge in [-0.05, 0) is 30.7 Å². The van der Waals surface area contributed by atoms with Crippen molar-refractivity contribution in [2.45, 2.75) is 25.4 Å². The van der Waals surface area contributed by atoms with Crippen LogP contribution in [0.1, 0.15) is 28.9 Å². The van der Waals surface area contributed by atoms with Crippen molar-refractivity contribution in [1.29, 1.82) is 0 Å². The average molecular weight is 447 g/mol. The van der Waals surface area contributed by atoms with Crippen molar-refractivity contribution in [2.24, 2.45) is 0 Å². The Morgan fingerprint density at radius 1 is 1.12 bits per heavy atom. The highest BCUT2D eigenvalue weighted by Crippen LogP contribution is 2.12. The van der Waals surface area contributed by atoms with Gasteiger partial charge >= 0.3 is 11.9 Å². The molecule has 0 saturated heterocycles. The normalized spacial score (nSPS) is 11.6. The van der Waals surface area contributed by atoms with Gasteiger partial charge in [-0.2, -0.15) is 4.98 Å². The first-order chi connectivity index (χ1) is 15.2. The van der Waals surface area contributed by atoms with Crippen LogP contribution in [0, 0.1) is 0 Å². The van der Waals surface area contributed by atoms with Gasteiger partial charge in [0.05, 0.1) is 18.4 Å². The number of aromatic nitrogens is 4. The number of carboxylic acids is 2. The van der Waals surface area contributed by atoms with E-state index in [1.54, 1.807) is 12.1 Å². The summed E-state index contributed by atoms with van der Waals surface area (Å²) in [6.45, 7) is 0.231. The Balaban J connectivity index is 1.62. The molecule has 0 bridgehead atoms. The molecule has 0 unspecified atom stereocenters. The van der Waals surface area contributed by atoms with Crippen LogP contribution in [0.15, 0.2) is 35.3 Å². The number of carboxylic acid groups (broad SMARTS) is 2. The number of nitrogens with two attached hydrogens (primary N) is 1. The van der Waals surface area contributed by atoms with Gasteiger partial charge in [0.25, 0.3) is 11.5 Å². The molecule has 7 N–H and O–H groups in total. The molecule has 3 aromatic rings. The van der Waals surface area contributed by atoms with Gasteiger partial charge in [0.1, 0.15) is 6.04 Å². The summed E-state index contributed by atoms with van der Waals surface area (Å²) < 4.78 is 0. The maximum atomic E-state index is 12.3. The number of H-pyrrole nitrogens is 1. The number of fused-ring (bicyclic) bond motifs is 1. The third kappa shape index (κ3) is 5.53. The minimum absolute atomic E-state index is 0.0524. The lowest BCUT2D eigenvalue weighted by atomic mass is 10.1. The number of rotatable bonds is 9. The largest absolute Gasteiger partial charge is 0.481 e. The third-order valence-electron chi connectivity index (χ3n) is 4.36. The average Bonchev–Trinajstić information content (AvgIpc) is 2.75. The van der Waals surface area contributed by atoms with Crippen molar-refractivity contribution in [2.75, 3.05) is 11.1 Å². The number of anilines is 2. The molecular weight excluding hydrogens is 428 g/mol. The second-order valence-corrected chi connectivity index (χ2v) is 6.71. The molecule has 32 heavy (non-hydrogen) atoms. The van der Waals surface area contributed by atoms with Gasteiger partial charge in [0.2, 0.25) is 5.95 Å². The molecule has 0 radical (unpaired) electrons. The lowest BCUT2D eigenvalue weighted by Gasteiger charge is -2.14. The number of hydrogen-bond acceptors (Lipinski definition) is 9. The Morgan fingerprint density at radius 2 is 1.84 bits per heavy atom. The molecule has 0 saturated carbocycles. The zero-order chi connectivity index (χ0) is 23.3. The summed E-state index contributed by atoms with van der Waals surface area (Å²) in [5, 5.41) is 23.2. The molecule has 3 rings (SSSR count). The lowest BCUT2D eigenvalue weighted by Crippen LogP contribution is -2.41. The predicted molar refractivity (Wildman–Crippen MR) is 112 cm³/mol. The van der Waals surface area contributed by atoms with Crippen LogP contribution in [0.3, 0.4) is 0 Å². The van der Waals surface area contributed by atoms with Gasteiger partial charge in [0, 0.05) is 17.7 Å². The number of nitrogen functional groups attached to an aromatic ring is 1. The number of hydrogen-bond donors (Lipinski definition) is 6. The van der Waals surface area contributed by atoms with Crippen molar-refractivity contribution in [3.63, 3.8) is 0 Å². The van der Waals surface area contributed by atoms with E-state index in [4.69, 9.17) is 15.9 Å². The summed E-state index contributed by atoms with van der Waals surface area (Å²) in [5.74, 6) is -3.16. The molecule has 2 aromatic heterocycles. The molecule has 1 amide bonds. The van der Waals surface area contributed by atoms with Crippen molar-refractivity contribution in [1.82, 2.24) is 25.3 Å². The summed E-state index contributed by atoms with van der Waals surface area (Å²) in [7, 11) is 0. The number of benzene rings is 1. The maximum Gasteiger partial charge on any atom is 0.326 e. The number of carbonyl (C=O) groups excluding carboxylic acids is 1. The zero-order valence-electron chi connectivity index (χ0n) is 16.5. The molecule has 13 nitrogen and oxygen atoms in total. The van der Waals surface area contributed by atoms with Crippen LogP contribution in [0.5, 0.6) is 0 Å². The van der Waals surface area contributed by atoms with E-state index in [0.717, 1.165) is 0 Å². The summed E-state index contributed by atoms with van der Waals surface area (Å²) >= 11 is 0. The Morgan fingerprint density at radius 3 is 2.50 bits per heavy atom. The number of aliphatic carboxylic acids is 2. The number of aromatic amines is 1. The summed E-state index contributed by atoms with van der Waals surface area (Å²) in [4.78, 5) is 60.6. The quantitative estimate of drug-likeness (QED) is 0.256. The molecule has 0 aliphatic rings. The predicted octanol–water partition coefficient (Wildman–Crippen LogP) is -0.0448. The van der Waals surface area contributed by atoms with Gasteiger partial charge in [-0.3, -0.25) is 19.4 Å². The first kappa shape index (κ1) is 22.1. The Labute approximate surface area is 179 Å². The molecule has 0 fully saturated rings. The summed E-state index contributed by atoms with van der Waals surface area (Å²) in [5.41, 5.74) is 6.47. The SMILES string of the molecule is Nc1nc2ncc(CN[13c]3[13cH][13cH][13c](C(=O)N[C@@H](CCC(=O)O)C(=O)O)[13cH][13cH]3)nc2c(=O)[nH]1. The van der Waals surface area contributed by atoms with Crippen molar-refractivity contribution >= 4 is 40.6 Å². The van der Waals surface area contributed by atoms with Crippen LogP contribution in [0.25, 0.3) is 11.2 Å². The molecule has 166 valence electrons. The Kier molecular flexibility index (Phi) is 6.58. The monoisotopic (exact) mass is 447 g/mol. The maximum absolute atomic E-state index is 12.3. The van der Waals surface area contributed by atoms with E-state index in [1.165, 1.54) is 18.3 Å². The number of nitrogens with one attached hydrogen (secondary N) is 3. The van der Waals surface area contributed by atoms with Crippen LogP contribution in [0.2, 0.25) is 0 Å². The van der Waals surface area contributed by atoms with Gasteiger partial charge < -0.3 is 26.6 Å². The van der Waals surface area contributed by atoms with Gasteiger partial charge in [-0.25, -0.2) is 14.8 Å². The van der Waals surface area contributed by atoms with Crippen LogP contribution in [-0.4, -0.2) is 54.0 Å². The molecular formula is C19H19N7O6.